The minimum Gasteiger partial charge on any atom is -0.507 e. The fourth-order valence-corrected chi connectivity index (χ4v) is 3.53. The van der Waals surface area contributed by atoms with E-state index in [1.54, 1.807) is 17.4 Å². The molecule has 0 saturated heterocycles. The van der Waals surface area contributed by atoms with Gasteiger partial charge in [0.15, 0.2) is 0 Å². The number of nitrogens with one attached hydrogen (secondary N) is 1. The van der Waals surface area contributed by atoms with Crippen molar-refractivity contribution in [2.75, 3.05) is 0 Å². The number of amides is 1. The van der Waals surface area contributed by atoms with Crippen LogP contribution in [0.3, 0.4) is 0 Å². The second kappa shape index (κ2) is 8.49. The Morgan fingerprint density at radius 2 is 1.88 bits per heavy atom. The largest absolute Gasteiger partial charge is 0.507 e. The third-order valence-corrected chi connectivity index (χ3v) is 5.73. The van der Waals surface area contributed by atoms with Crippen LogP contribution in [-0.4, -0.2) is 16.7 Å². The number of hydrogen-bond acceptors (Lipinski definition) is 4. The molecule has 0 saturated carbocycles. The van der Waals surface area contributed by atoms with Crippen LogP contribution in [0.5, 0.6) is 5.75 Å². The van der Waals surface area contributed by atoms with Gasteiger partial charge in [-0.15, -0.1) is 11.3 Å². The maximum atomic E-state index is 12.6. The number of phenolic OH excluding ortho intramolecular Hbond substituents is 1. The molecule has 2 aromatic rings. The minimum atomic E-state index is -0.390. The number of rotatable bonds is 6. The molecule has 140 valence electrons. The van der Waals surface area contributed by atoms with Gasteiger partial charge in [-0.25, -0.2) is 5.43 Å². The van der Waals surface area contributed by atoms with Crippen LogP contribution in [0.15, 0.2) is 29.4 Å². The molecule has 0 aliphatic carbocycles. The van der Waals surface area contributed by atoms with Gasteiger partial charge in [0.2, 0.25) is 0 Å². The molecule has 1 aromatic heterocycles. The second-order valence-electron chi connectivity index (χ2n) is 7.07. The van der Waals surface area contributed by atoms with Gasteiger partial charge < -0.3 is 5.11 Å². The Morgan fingerprint density at radius 1 is 1.19 bits per heavy atom. The van der Waals surface area contributed by atoms with Gasteiger partial charge in [-0.3, -0.25) is 4.79 Å². The lowest BCUT2D eigenvalue weighted by Crippen LogP contribution is -2.20. The van der Waals surface area contributed by atoms with E-state index >= 15 is 0 Å². The van der Waals surface area contributed by atoms with Crippen molar-refractivity contribution in [3.8, 4) is 5.75 Å². The average molecular weight is 373 g/mol. The summed E-state index contributed by atoms with van der Waals surface area (Å²) < 4.78 is 0. The Morgan fingerprint density at radius 3 is 2.42 bits per heavy atom. The summed E-state index contributed by atoms with van der Waals surface area (Å²) in [6, 6.07) is 7.83. The van der Waals surface area contributed by atoms with Crippen LogP contribution in [0, 0.1) is 0 Å². The summed E-state index contributed by atoms with van der Waals surface area (Å²) in [6.45, 7) is 12.1. The first kappa shape index (κ1) is 20.2. The predicted molar refractivity (Wildman–Crippen MR) is 110 cm³/mol. The summed E-state index contributed by atoms with van der Waals surface area (Å²) >= 11 is 1.67. The molecular formula is C21H28N2O2S. The molecule has 1 heterocycles. The van der Waals surface area contributed by atoms with Crippen molar-refractivity contribution < 1.29 is 9.90 Å². The summed E-state index contributed by atoms with van der Waals surface area (Å²) in [5.74, 6) is 0.0465. The van der Waals surface area contributed by atoms with Crippen molar-refractivity contribution in [3.63, 3.8) is 0 Å². The molecule has 0 bridgehead atoms. The molecule has 0 aliphatic heterocycles. The number of aromatic hydroxyl groups is 1. The summed E-state index contributed by atoms with van der Waals surface area (Å²) in [6.07, 6.45) is 0.984. The maximum Gasteiger partial charge on any atom is 0.275 e. The van der Waals surface area contributed by atoms with Gasteiger partial charge in [0.05, 0.1) is 16.2 Å². The molecule has 5 heteroatoms. The fourth-order valence-electron chi connectivity index (χ4n) is 2.64. The van der Waals surface area contributed by atoms with Gasteiger partial charge in [0.25, 0.3) is 5.91 Å². The molecule has 2 N–H and O–H groups in total. The fraction of sp³-hybridized carbons (Fsp3) is 0.429. The van der Waals surface area contributed by atoms with Crippen molar-refractivity contribution in [2.45, 2.75) is 59.8 Å². The molecule has 4 nitrogen and oxygen atoms in total. The lowest BCUT2D eigenvalue weighted by Gasteiger charge is -2.16. The number of benzene rings is 1. The number of hydrogen-bond donors (Lipinski definition) is 2. The SMILES string of the molecule is CCc1ccc(/C(C)=N\NC(=O)c2cc(C(C)C)cc(C(C)C)c2O)s1. The van der Waals surface area contributed by atoms with E-state index in [1.165, 1.54) is 4.88 Å². The van der Waals surface area contributed by atoms with Crippen molar-refractivity contribution in [3.05, 3.63) is 50.7 Å². The van der Waals surface area contributed by atoms with Crippen LogP contribution < -0.4 is 5.43 Å². The van der Waals surface area contributed by atoms with Crippen molar-refractivity contribution in [1.29, 1.82) is 0 Å². The zero-order valence-electron chi connectivity index (χ0n) is 16.4. The van der Waals surface area contributed by atoms with Gasteiger partial charge in [-0.05, 0) is 54.5 Å². The number of nitrogens with zero attached hydrogens (tertiary/aromatic N) is 1. The third kappa shape index (κ3) is 4.52. The monoisotopic (exact) mass is 372 g/mol. The topological polar surface area (TPSA) is 61.7 Å². The molecule has 1 amide bonds. The van der Waals surface area contributed by atoms with Crippen LogP contribution in [-0.2, 0) is 6.42 Å². The zero-order chi connectivity index (χ0) is 19.4. The number of thiophene rings is 1. The first-order chi connectivity index (χ1) is 12.2. The van der Waals surface area contributed by atoms with E-state index in [0.717, 1.165) is 28.1 Å². The molecule has 1 aromatic carbocycles. The van der Waals surface area contributed by atoms with Crippen molar-refractivity contribution in [2.24, 2.45) is 5.10 Å². The summed E-state index contributed by atoms with van der Waals surface area (Å²) in [5.41, 5.74) is 5.44. The number of hydrazone groups is 1. The van der Waals surface area contributed by atoms with Gasteiger partial charge >= 0.3 is 0 Å². The van der Waals surface area contributed by atoms with E-state index in [1.807, 2.05) is 32.9 Å². The van der Waals surface area contributed by atoms with Gasteiger partial charge in [0, 0.05) is 4.88 Å². The molecule has 0 atom stereocenters. The Bertz CT molecular complexity index is 819. The smallest absolute Gasteiger partial charge is 0.275 e. The van der Waals surface area contributed by atoms with Gasteiger partial charge in [-0.2, -0.15) is 5.10 Å². The van der Waals surface area contributed by atoms with Crippen LogP contribution in [0.4, 0.5) is 0 Å². The third-order valence-electron chi connectivity index (χ3n) is 4.39. The molecule has 0 radical (unpaired) electrons. The van der Waals surface area contributed by atoms with E-state index in [9.17, 15) is 9.90 Å². The first-order valence-electron chi connectivity index (χ1n) is 9.05. The highest BCUT2D eigenvalue weighted by Gasteiger charge is 2.19. The molecular weight excluding hydrogens is 344 g/mol. The van der Waals surface area contributed by atoms with E-state index in [0.29, 0.717) is 0 Å². The Labute approximate surface area is 160 Å². The van der Waals surface area contributed by atoms with Crippen LogP contribution in [0.2, 0.25) is 0 Å². The van der Waals surface area contributed by atoms with Gasteiger partial charge in [-0.1, -0.05) is 40.7 Å². The highest BCUT2D eigenvalue weighted by atomic mass is 32.1. The summed E-state index contributed by atoms with van der Waals surface area (Å²) in [7, 11) is 0. The minimum absolute atomic E-state index is 0.0409. The number of aryl methyl sites for hydroxylation is 1. The van der Waals surface area contributed by atoms with Crippen molar-refractivity contribution in [1.82, 2.24) is 5.43 Å². The molecule has 0 aliphatic rings. The highest BCUT2D eigenvalue weighted by Crippen LogP contribution is 2.33. The second-order valence-corrected chi connectivity index (χ2v) is 8.24. The molecule has 0 fully saturated rings. The van der Waals surface area contributed by atoms with E-state index in [2.05, 4.69) is 37.4 Å². The van der Waals surface area contributed by atoms with Crippen LogP contribution in [0.25, 0.3) is 0 Å². The molecule has 26 heavy (non-hydrogen) atoms. The molecule has 0 unspecified atom stereocenters. The average Bonchev–Trinajstić information content (AvgIpc) is 3.08. The Hall–Kier alpha value is -2.14. The zero-order valence-corrected chi connectivity index (χ0v) is 17.2. The van der Waals surface area contributed by atoms with E-state index in [-0.39, 0.29) is 23.1 Å². The number of carbonyl (C=O) groups is 1. The highest BCUT2D eigenvalue weighted by molar-refractivity contribution is 7.14. The molecule has 2 rings (SSSR count). The number of phenols is 1. The lowest BCUT2D eigenvalue weighted by molar-refractivity contribution is 0.0952. The Kier molecular flexibility index (Phi) is 6.59. The Balaban J connectivity index is 2.29. The lowest BCUT2D eigenvalue weighted by atomic mass is 9.92. The van der Waals surface area contributed by atoms with Crippen LogP contribution in [0.1, 0.15) is 84.6 Å². The number of carbonyl (C=O) groups excluding carboxylic acids is 1. The summed E-state index contributed by atoms with van der Waals surface area (Å²) in [4.78, 5) is 15.0. The quantitative estimate of drug-likeness (QED) is 0.525. The predicted octanol–water partition coefficient (Wildman–Crippen LogP) is 5.42. The van der Waals surface area contributed by atoms with E-state index in [4.69, 9.17) is 0 Å². The van der Waals surface area contributed by atoms with Gasteiger partial charge in [0.1, 0.15) is 5.75 Å². The molecule has 0 spiro atoms. The van der Waals surface area contributed by atoms with E-state index < -0.39 is 5.91 Å². The maximum absolute atomic E-state index is 12.6. The standard InChI is InChI=1S/C21H28N2O2S/c1-7-16-8-9-19(26-16)14(6)22-23-21(25)18-11-15(12(2)3)10-17(13(4)5)20(18)24/h8-13,24H,7H2,1-6H3,(H,23,25)/b22-14-. The van der Waals surface area contributed by atoms with Crippen molar-refractivity contribution >= 4 is 23.0 Å². The first-order valence-corrected chi connectivity index (χ1v) is 9.86. The summed E-state index contributed by atoms with van der Waals surface area (Å²) in [5, 5.41) is 14.8. The van der Waals surface area contributed by atoms with Crippen LogP contribution >= 0.6 is 11.3 Å². The normalized spacial score (nSPS) is 12.1.